The van der Waals surface area contributed by atoms with E-state index in [1.807, 2.05) is 47.5 Å². The number of nitrogens with zero attached hydrogens (tertiary/aromatic N) is 2. The number of pyridine rings is 1. The van der Waals surface area contributed by atoms with E-state index in [9.17, 15) is 9.59 Å². The summed E-state index contributed by atoms with van der Waals surface area (Å²) in [6, 6.07) is 14.9. The molecular weight excluding hydrogens is 452 g/mol. The molecule has 3 aromatic rings. The number of rotatable bonds is 8. The molecule has 3 rings (SSSR count). The fraction of sp³-hybridized carbons (Fsp3) is 0.273. The Bertz CT molecular complexity index is 1000. The van der Waals surface area contributed by atoms with Gasteiger partial charge in [-0.25, -0.2) is 0 Å². The van der Waals surface area contributed by atoms with Crippen LogP contribution in [0.1, 0.15) is 17.4 Å². The lowest BCUT2D eigenvalue weighted by Gasteiger charge is -2.30. The number of ether oxygens (including phenoxy) is 1. The van der Waals surface area contributed by atoms with Crippen LogP contribution < -0.4 is 10.3 Å². The van der Waals surface area contributed by atoms with Gasteiger partial charge in [-0.15, -0.1) is 11.3 Å². The summed E-state index contributed by atoms with van der Waals surface area (Å²) in [6.45, 7) is 2.52. The molecule has 2 heterocycles. The number of hydrogen-bond donors (Lipinski definition) is 0. The molecule has 7 heteroatoms. The Kier molecular flexibility index (Phi) is 7.28. The number of carbonyl (C=O) groups is 1. The third kappa shape index (κ3) is 5.81. The second-order valence-corrected chi connectivity index (χ2v) is 8.76. The summed E-state index contributed by atoms with van der Waals surface area (Å²) >= 11 is 5.05. The summed E-state index contributed by atoms with van der Waals surface area (Å²) < 4.78 is 7.42. The van der Waals surface area contributed by atoms with E-state index in [0.29, 0.717) is 6.54 Å². The molecule has 5 nitrogen and oxygen atoms in total. The van der Waals surface area contributed by atoms with Gasteiger partial charge in [-0.05, 0) is 58.1 Å². The molecule has 0 bridgehead atoms. The third-order valence-corrected chi connectivity index (χ3v) is 6.06. The summed E-state index contributed by atoms with van der Waals surface area (Å²) in [6.07, 6.45) is 2.42. The van der Waals surface area contributed by atoms with Crippen LogP contribution in [-0.4, -0.2) is 28.5 Å². The Labute approximate surface area is 182 Å². The highest BCUT2D eigenvalue weighted by molar-refractivity contribution is 9.10. The minimum Gasteiger partial charge on any atom is -0.497 e. The van der Waals surface area contributed by atoms with Gasteiger partial charge in [-0.3, -0.25) is 9.59 Å². The topological polar surface area (TPSA) is 51.5 Å². The van der Waals surface area contributed by atoms with Gasteiger partial charge < -0.3 is 14.2 Å². The number of methoxy groups -OCH3 is 1. The normalized spacial score (nSPS) is 11.8. The van der Waals surface area contributed by atoms with Crippen molar-refractivity contribution >= 4 is 33.2 Å². The van der Waals surface area contributed by atoms with Crippen LogP contribution in [0.5, 0.6) is 5.75 Å². The second-order valence-electron chi connectivity index (χ2n) is 6.82. The van der Waals surface area contributed by atoms with Gasteiger partial charge in [0.25, 0.3) is 5.56 Å². The summed E-state index contributed by atoms with van der Waals surface area (Å²) in [5, 5.41) is 2.04. The molecule has 29 heavy (non-hydrogen) atoms. The average Bonchev–Trinajstić information content (AvgIpc) is 3.22. The molecule has 0 saturated heterocycles. The van der Waals surface area contributed by atoms with Crippen LogP contribution >= 0.6 is 27.3 Å². The van der Waals surface area contributed by atoms with Crippen LogP contribution in [0, 0.1) is 0 Å². The minimum atomic E-state index is -0.197. The number of carbonyl (C=O) groups excluding carboxylic acids is 1. The monoisotopic (exact) mass is 474 g/mol. The minimum absolute atomic E-state index is 0.00318. The summed E-state index contributed by atoms with van der Waals surface area (Å²) in [4.78, 5) is 28.4. The predicted molar refractivity (Wildman–Crippen MR) is 119 cm³/mol. The van der Waals surface area contributed by atoms with Crippen LogP contribution in [0.4, 0.5) is 0 Å². The zero-order valence-electron chi connectivity index (χ0n) is 16.4. The second kappa shape index (κ2) is 9.89. The molecule has 1 amide bonds. The molecule has 152 valence electrons. The first-order chi connectivity index (χ1) is 14.0. The van der Waals surface area contributed by atoms with Crippen molar-refractivity contribution in [2.24, 2.45) is 0 Å². The Morgan fingerprint density at radius 3 is 2.62 bits per heavy atom. The van der Waals surface area contributed by atoms with Crippen molar-refractivity contribution in [3.05, 3.63) is 85.4 Å². The van der Waals surface area contributed by atoms with E-state index >= 15 is 0 Å². The highest BCUT2D eigenvalue weighted by Gasteiger charge is 2.22. The lowest BCUT2D eigenvalue weighted by Crippen LogP contribution is -2.42. The molecule has 0 aliphatic carbocycles. The van der Waals surface area contributed by atoms with Crippen LogP contribution in [0.2, 0.25) is 0 Å². The molecule has 0 fully saturated rings. The molecule has 2 aromatic heterocycles. The van der Waals surface area contributed by atoms with Gasteiger partial charge in [-0.2, -0.15) is 0 Å². The van der Waals surface area contributed by atoms with Gasteiger partial charge >= 0.3 is 0 Å². The van der Waals surface area contributed by atoms with E-state index in [1.165, 1.54) is 15.5 Å². The number of amides is 1. The number of benzene rings is 1. The van der Waals surface area contributed by atoms with Gasteiger partial charge in [0, 0.05) is 40.6 Å². The lowest BCUT2D eigenvalue weighted by molar-refractivity contribution is -0.134. The molecule has 0 saturated carbocycles. The molecule has 1 atom stereocenters. The standard InChI is InChI=1S/C22H23BrN2O3S/c1-16(12-20-4-3-11-29-20)25(13-17-5-8-19(28-2)9-6-17)22(27)15-24-14-18(23)7-10-21(24)26/h3-11,14,16H,12-13,15H2,1-2H3. The van der Waals surface area contributed by atoms with E-state index in [0.717, 1.165) is 22.2 Å². The predicted octanol–water partition coefficient (Wildman–Crippen LogP) is 4.34. The molecule has 0 spiro atoms. The largest absolute Gasteiger partial charge is 0.497 e. The van der Waals surface area contributed by atoms with E-state index in [2.05, 4.69) is 22.0 Å². The molecule has 0 aliphatic rings. The van der Waals surface area contributed by atoms with E-state index in [4.69, 9.17) is 4.74 Å². The van der Waals surface area contributed by atoms with Crippen molar-refractivity contribution in [2.45, 2.75) is 32.5 Å². The van der Waals surface area contributed by atoms with Crippen LogP contribution in [0.25, 0.3) is 0 Å². The van der Waals surface area contributed by atoms with E-state index in [-0.39, 0.29) is 24.1 Å². The van der Waals surface area contributed by atoms with Crippen molar-refractivity contribution in [3.63, 3.8) is 0 Å². The fourth-order valence-corrected chi connectivity index (χ4v) is 4.32. The third-order valence-electron chi connectivity index (χ3n) is 4.69. The van der Waals surface area contributed by atoms with Gasteiger partial charge in [-0.1, -0.05) is 18.2 Å². The highest BCUT2D eigenvalue weighted by atomic mass is 79.9. The molecular formula is C22H23BrN2O3S. The first-order valence-electron chi connectivity index (χ1n) is 9.27. The maximum Gasteiger partial charge on any atom is 0.251 e. The Morgan fingerprint density at radius 1 is 1.21 bits per heavy atom. The first-order valence-corrected chi connectivity index (χ1v) is 10.9. The Morgan fingerprint density at radius 2 is 1.97 bits per heavy atom. The van der Waals surface area contributed by atoms with E-state index < -0.39 is 0 Å². The van der Waals surface area contributed by atoms with Crippen molar-refractivity contribution in [1.29, 1.82) is 0 Å². The SMILES string of the molecule is COc1ccc(CN(C(=O)Cn2cc(Br)ccc2=O)C(C)Cc2cccs2)cc1. The number of aromatic nitrogens is 1. The number of hydrogen-bond acceptors (Lipinski definition) is 4. The van der Waals surface area contributed by atoms with Gasteiger partial charge in [0.05, 0.1) is 7.11 Å². The number of thiophene rings is 1. The maximum absolute atomic E-state index is 13.2. The zero-order chi connectivity index (χ0) is 20.8. The average molecular weight is 475 g/mol. The van der Waals surface area contributed by atoms with Crippen molar-refractivity contribution < 1.29 is 9.53 Å². The van der Waals surface area contributed by atoms with Gasteiger partial charge in [0.2, 0.25) is 5.91 Å². The summed E-state index contributed by atoms with van der Waals surface area (Å²) in [5.74, 6) is 0.684. The molecule has 0 N–H and O–H groups in total. The highest BCUT2D eigenvalue weighted by Crippen LogP contribution is 2.19. The Hall–Kier alpha value is -2.38. The maximum atomic E-state index is 13.2. The first kappa shape index (κ1) is 21.3. The Balaban J connectivity index is 1.82. The molecule has 0 aliphatic heterocycles. The molecule has 1 unspecified atom stereocenters. The summed E-state index contributed by atoms with van der Waals surface area (Å²) in [5.41, 5.74) is 0.815. The molecule has 0 radical (unpaired) electrons. The molecule has 1 aromatic carbocycles. The quantitative estimate of drug-likeness (QED) is 0.487. The van der Waals surface area contributed by atoms with E-state index in [1.54, 1.807) is 30.7 Å². The van der Waals surface area contributed by atoms with Crippen LogP contribution in [0.3, 0.4) is 0 Å². The summed E-state index contributed by atoms with van der Waals surface area (Å²) in [7, 11) is 1.63. The lowest BCUT2D eigenvalue weighted by atomic mass is 10.1. The van der Waals surface area contributed by atoms with Crippen LogP contribution in [0.15, 0.2) is 69.4 Å². The van der Waals surface area contributed by atoms with Crippen molar-refractivity contribution in [1.82, 2.24) is 9.47 Å². The van der Waals surface area contributed by atoms with Crippen LogP contribution in [-0.2, 0) is 24.3 Å². The van der Waals surface area contributed by atoms with Gasteiger partial charge in [0.1, 0.15) is 12.3 Å². The smallest absolute Gasteiger partial charge is 0.251 e. The fourth-order valence-electron chi connectivity index (χ4n) is 3.11. The zero-order valence-corrected chi connectivity index (χ0v) is 18.8. The van der Waals surface area contributed by atoms with Crippen molar-refractivity contribution in [3.8, 4) is 5.75 Å². The number of halogens is 1. The van der Waals surface area contributed by atoms with Gasteiger partial charge in [0.15, 0.2) is 0 Å². The van der Waals surface area contributed by atoms with Crippen molar-refractivity contribution in [2.75, 3.05) is 7.11 Å².